The van der Waals surface area contributed by atoms with Gasteiger partial charge < -0.3 is 23.5 Å². The third-order valence-corrected chi connectivity index (χ3v) is 6.12. The van der Waals surface area contributed by atoms with E-state index in [1.54, 1.807) is 0 Å². The van der Waals surface area contributed by atoms with E-state index in [0.29, 0.717) is 25.3 Å². The average molecular weight is 332 g/mol. The summed E-state index contributed by atoms with van der Waals surface area (Å²) in [5.41, 5.74) is 0.144. The van der Waals surface area contributed by atoms with Crippen LogP contribution in [0, 0.1) is 0 Å². The van der Waals surface area contributed by atoms with E-state index in [9.17, 15) is 9.59 Å². The molecule has 22 heavy (non-hydrogen) atoms. The van der Waals surface area contributed by atoms with Gasteiger partial charge in [-0.2, -0.15) is 0 Å². The van der Waals surface area contributed by atoms with E-state index in [2.05, 4.69) is 6.58 Å². The van der Waals surface area contributed by atoms with Crippen LogP contribution in [0.25, 0.3) is 0 Å². The first-order valence-electron chi connectivity index (χ1n) is 6.80. The summed E-state index contributed by atoms with van der Waals surface area (Å²) in [5, 5.41) is 17.8. The van der Waals surface area contributed by atoms with Crippen molar-refractivity contribution in [2.75, 3.05) is 21.3 Å². The fraction of sp³-hybridized carbons (Fsp3) is 0.571. The van der Waals surface area contributed by atoms with Crippen molar-refractivity contribution in [1.82, 2.24) is 0 Å². The molecule has 0 bridgehead atoms. The smallest absolute Gasteiger partial charge is 0.478 e. The molecule has 0 aromatic carbocycles. The van der Waals surface area contributed by atoms with Crippen LogP contribution >= 0.6 is 0 Å². The molecule has 0 saturated carbocycles. The van der Waals surface area contributed by atoms with Crippen molar-refractivity contribution in [3.8, 4) is 0 Å². The molecule has 0 unspecified atom stereocenters. The SMILES string of the molecule is C=C(CC=C(CCCC[Si](OC)(OC)OC)C(=O)O)C(=O)O. The second kappa shape index (κ2) is 10.3. The predicted octanol–water partition coefficient (Wildman–Crippen LogP) is 2.08. The van der Waals surface area contributed by atoms with Crippen molar-refractivity contribution in [1.29, 1.82) is 0 Å². The molecule has 0 aromatic rings. The Balaban J connectivity index is 4.44. The largest absolute Gasteiger partial charge is 0.500 e. The molecule has 0 rings (SSSR count). The molecule has 0 saturated heterocycles. The lowest BCUT2D eigenvalue weighted by atomic mass is 10.1. The standard InChI is InChI=1S/C14H24O7Si/c1-11(13(15)16)8-9-12(14(17)18)7-5-6-10-22(19-2,20-3)21-4/h9H,1,5-8,10H2,2-4H3,(H,15,16)(H,17,18). The number of unbranched alkanes of at least 4 members (excludes halogenated alkanes) is 1. The molecular weight excluding hydrogens is 308 g/mol. The first-order chi connectivity index (χ1) is 10.3. The molecule has 0 spiro atoms. The van der Waals surface area contributed by atoms with Gasteiger partial charge in [-0.05, 0) is 25.7 Å². The highest BCUT2D eigenvalue weighted by atomic mass is 28.4. The summed E-state index contributed by atoms with van der Waals surface area (Å²) in [4.78, 5) is 21.8. The van der Waals surface area contributed by atoms with Crippen molar-refractivity contribution in [2.24, 2.45) is 0 Å². The van der Waals surface area contributed by atoms with E-state index in [-0.39, 0.29) is 17.6 Å². The summed E-state index contributed by atoms with van der Waals surface area (Å²) < 4.78 is 15.8. The first-order valence-corrected chi connectivity index (χ1v) is 8.74. The maximum Gasteiger partial charge on any atom is 0.500 e. The van der Waals surface area contributed by atoms with Gasteiger partial charge >= 0.3 is 20.7 Å². The Morgan fingerprint density at radius 3 is 2.00 bits per heavy atom. The van der Waals surface area contributed by atoms with Gasteiger partial charge in [0.2, 0.25) is 0 Å². The quantitative estimate of drug-likeness (QED) is 0.320. The number of carbonyl (C=O) groups is 2. The van der Waals surface area contributed by atoms with Crippen molar-refractivity contribution in [3.05, 3.63) is 23.8 Å². The molecule has 0 radical (unpaired) electrons. The van der Waals surface area contributed by atoms with Crippen LogP contribution in [-0.4, -0.2) is 52.3 Å². The fourth-order valence-electron chi connectivity index (χ4n) is 1.84. The first kappa shape index (κ1) is 20.5. The Morgan fingerprint density at radius 2 is 1.59 bits per heavy atom. The highest BCUT2D eigenvalue weighted by molar-refractivity contribution is 6.60. The third-order valence-electron chi connectivity index (χ3n) is 3.28. The number of hydrogen-bond donors (Lipinski definition) is 2. The molecule has 0 atom stereocenters. The summed E-state index contributed by atoms with van der Waals surface area (Å²) in [5.74, 6) is -2.18. The lowest BCUT2D eigenvalue weighted by molar-refractivity contribution is -0.134. The van der Waals surface area contributed by atoms with E-state index < -0.39 is 20.7 Å². The van der Waals surface area contributed by atoms with Gasteiger partial charge in [-0.15, -0.1) is 0 Å². The van der Waals surface area contributed by atoms with Crippen LogP contribution in [0.15, 0.2) is 23.8 Å². The van der Waals surface area contributed by atoms with E-state index in [1.165, 1.54) is 27.4 Å². The molecule has 0 aliphatic rings. The van der Waals surface area contributed by atoms with Gasteiger partial charge in [-0.1, -0.05) is 12.7 Å². The van der Waals surface area contributed by atoms with E-state index >= 15 is 0 Å². The Morgan fingerprint density at radius 1 is 1.05 bits per heavy atom. The molecule has 0 amide bonds. The van der Waals surface area contributed by atoms with E-state index in [1.807, 2.05) is 0 Å². The lowest BCUT2D eigenvalue weighted by Crippen LogP contribution is -2.42. The van der Waals surface area contributed by atoms with Crippen molar-refractivity contribution in [3.63, 3.8) is 0 Å². The van der Waals surface area contributed by atoms with Crippen LogP contribution in [0.3, 0.4) is 0 Å². The Hall–Kier alpha value is -1.48. The van der Waals surface area contributed by atoms with Crippen LogP contribution in [0.4, 0.5) is 0 Å². The number of allylic oxidation sites excluding steroid dienone is 1. The Labute approximate surface area is 131 Å². The second-order valence-corrected chi connectivity index (χ2v) is 7.74. The molecule has 126 valence electrons. The van der Waals surface area contributed by atoms with Gasteiger partial charge in [0.25, 0.3) is 0 Å². The Kier molecular flexibility index (Phi) is 9.58. The minimum atomic E-state index is -2.63. The molecule has 0 fully saturated rings. The summed E-state index contributed by atoms with van der Waals surface area (Å²) in [6.07, 6.45) is 3.05. The van der Waals surface area contributed by atoms with Crippen LogP contribution in [0.1, 0.15) is 25.7 Å². The second-order valence-electron chi connectivity index (χ2n) is 4.65. The summed E-state index contributed by atoms with van der Waals surface area (Å²) in [6, 6.07) is 0.589. The molecule has 0 aliphatic carbocycles. The average Bonchev–Trinajstić information content (AvgIpc) is 2.50. The lowest BCUT2D eigenvalue weighted by Gasteiger charge is -2.24. The zero-order chi connectivity index (χ0) is 17.2. The molecule has 7 nitrogen and oxygen atoms in total. The van der Waals surface area contributed by atoms with Gasteiger partial charge in [0.05, 0.1) is 0 Å². The topological polar surface area (TPSA) is 102 Å². The summed E-state index contributed by atoms with van der Waals surface area (Å²) in [7, 11) is 1.95. The fourth-order valence-corrected chi connectivity index (χ4v) is 3.64. The zero-order valence-corrected chi connectivity index (χ0v) is 14.3. The van der Waals surface area contributed by atoms with Gasteiger partial charge in [0.1, 0.15) is 0 Å². The van der Waals surface area contributed by atoms with Gasteiger partial charge in [0.15, 0.2) is 0 Å². The van der Waals surface area contributed by atoms with Gasteiger partial charge in [0, 0.05) is 38.5 Å². The van der Waals surface area contributed by atoms with E-state index in [4.69, 9.17) is 23.5 Å². The molecular formula is C14H24O7Si. The molecule has 0 heterocycles. The van der Waals surface area contributed by atoms with Gasteiger partial charge in [-0.3, -0.25) is 0 Å². The number of aliphatic carboxylic acids is 2. The number of carboxylic acids is 2. The minimum Gasteiger partial charge on any atom is -0.478 e. The van der Waals surface area contributed by atoms with Crippen molar-refractivity contribution >= 4 is 20.7 Å². The highest BCUT2D eigenvalue weighted by Gasteiger charge is 2.36. The zero-order valence-electron chi connectivity index (χ0n) is 13.3. The van der Waals surface area contributed by atoms with Crippen LogP contribution in [0.2, 0.25) is 6.04 Å². The predicted molar refractivity (Wildman–Crippen MR) is 82.6 cm³/mol. The summed E-state index contributed by atoms with van der Waals surface area (Å²) in [6.45, 7) is 3.37. The molecule has 0 aromatic heterocycles. The maximum absolute atomic E-state index is 11.1. The highest BCUT2D eigenvalue weighted by Crippen LogP contribution is 2.19. The molecule has 8 heteroatoms. The molecule has 0 aliphatic heterocycles. The third kappa shape index (κ3) is 6.99. The van der Waals surface area contributed by atoms with Crippen molar-refractivity contribution in [2.45, 2.75) is 31.7 Å². The monoisotopic (exact) mass is 332 g/mol. The Bertz CT molecular complexity index is 419. The summed E-state index contributed by atoms with van der Waals surface area (Å²) >= 11 is 0. The minimum absolute atomic E-state index is 0.0177. The van der Waals surface area contributed by atoms with E-state index in [0.717, 1.165) is 0 Å². The normalized spacial score (nSPS) is 12.2. The number of rotatable bonds is 12. The maximum atomic E-state index is 11.1. The van der Waals surface area contributed by atoms with Crippen LogP contribution in [0.5, 0.6) is 0 Å². The number of carboxylic acid groups (broad SMARTS) is 2. The van der Waals surface area contributed by atoms with Crippen LogP contribution < -0.4 is 0 Å². The molecule has 2 N–H and O–H groups in total. The van der Waals surface area contributed by atoms with Crippen LogP contribution in [-0.2, 0) is 22.9 Å². The van der Waals surface area contributed by atoms with Gasteiger partial charge in [-0.25, -0.2) is 9.59 Å². The number of hydrogen-bond acceptors (Lipinski definition) is 5. The van der Waals surface area contributed by atoms with Crippen molar-refractivity contribution < 1.29 is 33.1 Å².